The van der Waals surface area contributed by atoms with E-state index in [1.807, 2.05) is 0 Å². The van der Waals surface area contributed by atoms with Crippen LogP contribution in [0, 0.1) is 17.7 Å². The number of halogens is 1. The number of aromatic nitrogens is 3. The van der Waals surface area contributed by atoms with Crippen molar-refractivity contribution in [2.75, 3.05) is 5.73 Å². The number of carbonyl (C=O) groups is 1. The standard InChI is InChI=1S/C21H19FN4O2S/c1-21(2,3)28-18(27)10-16-17(9-6-13-4-7-15(22)8-5-13)29-19(26-16)14-11-24-20(23)25-12-14/h4-5,7-8,11-12H,10H2,1-3H3,(H2,23,24,25). The van der Waals surface area contributed by atoms with Crippen molar-refractivity contribution < 1.29 is 13.9 Å². The van der Waals surface area contributed by atoms with Crippen molar-refractivity contribution in [2.24, 2.45) is 0 Å². The molecule has 0 atom stereocenters. The summed E-state index contributed by atoms with van der Waals surface area (Å²) < 4.78 is 18.5. The second kappa shape index (κ2) is 8.37. The number of ether oxygens (including phenoxy) is 1. The average Bonchev–Trinajstić information content (AvgIpc) is 3.03. The van der Waals surface area contributed by atoms with Crippen LogP contribution < -0.4 is 5.73 Å². The number of rotatable bonds is 3. The number of esters is 1. The molecule has 0 unspecified atom stereocenters. The van der Waals surface area contributed by atoms with Crippen LogP contribution in [0.15, 0.2) is 36.7 Å². The summed E-state index contributed by atoms with van der Waals surface area (Å²) in [5.41, 5.74) is 6.77. The molecule has 0 radical (unpaired) electrons. The van der Waals surface area contributed by atoms with Crippen LogP contribution in [0.1, 0.15) is 36.9 Å². The molecule has 1 aromatic carbocycles. The second-order valence-electron chi connectivity index (χ2n) is 7.14. The van der Waals surface area contributed by atoms with Gasteiger partial charge in [-0.05, 0) is 51.0 Å². The first-order valence-corrected chi connectivity index (χ1v) is 9.58. The minimum absolute atomic E-state index is 0.0168. The van der Waals surface area contributed by atoms with Crippen LogP contribution in [0.5, 0.6) is 0 Å². The molecule has 2 N–H and O–H groups in total. The Kier molecular flexibility index (Phi) is 5.89. The summed E-state index contributed by atoms with van der Waals surface area (Å²) in [7, 11) is 0. The lowest BCUT2D eigenvalue weighted by atomic mass is 10.2. The summed E-state index contributed by atoms with van der Waals surface area (Å²) in [5.74, 6) is 5.44. The number of benzene rings is 1. The summed E-state index contributed by atoms with van der Waals surface area (Å²) in [4.78, 5) is 25.4. The molecule has 148 valence electrons. The quantitative estimate of drug-likeness (QED) is 0.524. The highest BCUT2D eigenvalue weighted by molar-refractivity contribution is 7.15. The molecule has 0 bridgehead atoms. The highest BCUT2D eigenvalue weighted by Gasteiger charge is 2.20. The molecule has 8 heteroatoms. The highest BCUT2D eigenvalue weighted by atomic mass is 32.1. The van der Waals surface area contributed by atoms with Gasteiger partial charge in [-0.2, -0.15) is 0 Å². The van der Waals surface area contributed by atoms with E-state index in [1.165, 1.54) is 23.5 Å². The summed E-state index contributed by atoms with van der Waals surface area (Å²) in [6.07, 6.45) is 3.11. The Morgan fingerprint density at radius 3 is 2.45 bits per heavy atom. The molecule has 0 saturated carbocycles. The van der Waals surface area contributed by atoms with Gasteiger partial charge < -0.3 is 10.5 Å². The van der Waals surface area contributed by atoms with Crippen LogP contribution in [-0.4, -0.2) is 26.5 Å². The van der Waals surface area contributed by atoms with Gasteiger partial charge in [0.25, 0.3) is 0 Å². The number of carbonyl (C=O) groups excluding carboxylic acids is 1. The van der Waals surface area contributed by atoms with E-state index in [0.717, 1.165) is 0 Å². The van der Waals surface area contributed by atoms with E-state index in [-0.39, 0.29) is 18.2 Å². The molecule has 0 spiro atoms. The monoisotopic (exact) mass is 410 g/mol. The third-order valence-corrected chi connectivity index (χ3v) is 4.57. The summed E-state index contributed by atoms with van der Waals surface area (Å²) in [6.45, 7) is 5.41. The van der Waals surface area contributed by atoms with E-state index >= 15 is 0 Å². The van der Waals surface area contributed by atoms with Crippen molar-refractivity contribution in [1.29, 1.82) is 0 Å². The zero-order chi connectivity index (χ0) is 21.0. The summed E-state index contributed by atoms with van der Waals surface area (Å²) >= 11 is 1.31. The van der Waals surface area contributed by atoms with E-state index < -0.39 is 11.6 Å². The first-order valence-electron chi connectivity index (χ1n) is 8.76. The highest BCUT2D eigenvalue weighted by Crippen LogP contribution is 2.28. The van der Waals surface area contributed by atoms with Gasteiger partial charge in [0, 0.05) is 23.5 Å². The molecule has 2 heterocycles. The molecule has 3 rings (SSSR count). The third kappa shape index (κ3) is 5.83. The van der Waals surface area contributed by atoms with Crippen molar-refractivity contribution in [3.8, 4) is 22.4 Å². The molecular weight excluding hydrogens is 391 g/mol. The molecule has 3 aromatic rings. The van der Waals surface area contributed by atoms with Crippen LogP contribution in [0.3, 0.4) is 0 Å². The number of hydrogen-bond acceptors (Lipinski definition) is 7. The van der Waals surface area contributed by atoms with Crippen LogP contribution >= 0.6 is 11.3 Å². The van der Waals surface area contributed by atoms with Gasteiger partial charge in [0.1, 0.15) is 21.3 Å². The second-order valence-corrected chi connectivity index (χ2v) is 8.14. The molecule has 6 nitrogen and oxygen atoms in total. The molecule has 29 heavy (non-hydrogen) atoms. The van der Waals surface area contributed by atoms with Crippen LogP contribution in [0.2, 0.25) is 0 Å². The number of nitrogens with two attached hydrogens (primary N) is 1. The fourth-order valence-corrected chi connectivity index (χ4v) is 3.23. The van der Waals surface area contributed by atoms with Crippen molar-refractivity contribution in [3.05, 3.63) is 58.6 Å². The van der Waals surface area contributed by atoms with E-state index in [2.05, 4.69) is 26.8 Å². The summed E-state index contributed by atoms with van der Waals surface area (Å²) in [5, 5.41) is 0.618. The normalized spacial score (nSPS) is 10.9. The molecule has 2 aromatic heterocycles. The Bertz CT molecular complexity index is 1080. The van der Waals surface area contributed by atoms with Crippen LogP contribution in [0.25, 0.3) is 10.6 Å². The molecule has 0 aliphatic carbocycles. The lowest BCUT2D eigenvalue weighted by molar-refractivity contribution is -0.153. The molecular formula is C21H19FN4O2S. The minimum atomic E-state index is -0.597. The Labute approximate surface area is 172 Å². The van der Waals surface area contributed by atoms with Gasteiger partial charge in [0.05, 0.1) is 12.1 Å². The Hall–Kier alpha value is -3.31. The van der Waals surface area contributed by atoms with Crippen molar-refractivity contribution in [3.63, 3.8) is 0 Å². The smallest absolute Gasteiger partial charge is 0.312 e. The Balaban J connectivity index is 1.94. The van der Waals surface area contributed by atoms with E-state index in [1.54, 1.807) is 45.3 Å². The predicted octanol–water partition coefficient (Wildman–Crippen LogP) is 3.61. The van der Waals surface area contributed by atoms with Gasteiger partial charge in [-0.15, -0.1) is 11.3 Å². The van der Waals surface area contributed by atoms with Gasteiger partial charge in [-0.1, -0.05) is 5.92 Å². The van der Waals surface area contributed by atoms with Gasteiger partial charge >= 0.3 is 5.97 Å². The lowest BCUT2D eigenvalue weighted by Crippen LogP contribution is -2.25. The van der Waals surface area contributed by atoms with E-state index in [4.69, 9.17) is 10.5 Å². The zero-order valence-corrected chi connectivity index (χ0v) is 17.0. The van der Waals surface area contributed by atoms with E-state index in [0.29, 0.717) is 26.7 Å². The first kappa shape index (κ1) is 20.4. The Morgan fingerprint density at radius 2 is 1.83 bits per heavy atom. The van der Waals surface area contributed by atoms with E-state index in [9.17, 15) is 9.18 Å². The minimum Gasteiger partial charge on any atom is -0.460 e. The number of hydrogen-bond donors (Lipinski definition) is 1. The molecule has 0 aliphatic rings. The SMILES string of the molecule is CC(C)(C)OC(=O)Cc1nc(-c2cnc(N)nc2)sc1C#Cc1ccc(F)cc1. The largest absolute Gasteiger partial charge is 0.460 e. The third-order valence-electron chi connectivity index (χ3n) is 3.51. The lowest BCUT2D eigenvalue weighted by Gasteiger charge is -2.19. The number of nitrogens with zero attached hydrogens (tertiary/aromatic N) is 3. The molecule has 0 fully saturated rings. The van der Waals surface area contributed by atoms with Gasteiger partial charge in [0.2, 0.25) is 5.95 Å². The van der Waals surface area contributed by atoms with Gasteiger partial charge in [-0.3, -0.25) is 4.79 Å². The number of nitrogen functional groups attached to an aromatic ring is 1. The molecule has 0 saturated heterocycles. The topological polar surface area (TPSA) is 91.0 Å². The first-order chi connectivity index (χ1) is 13.7. The van der Waals surface area contributed by atoms with Crippen molar-refractivity contribution in [1.82, 2.24) is 15.0 Å². The van der Waals surface area contributed by atoms with Crippen molar-refractivity contribution in [2.45, 2.75) is 32.8 Å². The zero-order valence-electron chi connectivity index (χ0n) is 16.2. The van der Waals surface area contributed by atoms with Gasteiger partial charge in [0.15, 0.2) is 0 Å². The number of thiazole rings is 1. The fraction of sp³-hybridized carbons (Fsp3) is 0.238. The van der Waals surface area contributed by atoms with Gasteiger partial charge in [-0.25, -0.2) is 19.3 Å². The van der Waals surface area contributed by atoms with Crippen molar-refractivity contribution >= 4 is 23.3 Å². The van der Waals surface area contributed by atoms with Crippen LogP contribution in [-0.2, 0) is 16.0 Å². The predicted molar refractivity (Wildman–Crippen MR) is 109 cm³/mol. The maximum Gasteiger partial charge on any atom is 0.312 e. The maximum absolute atomic E-state index is 13.1. The number of anilines is 1. The average molecular weight is 410 g/mol. The maximum atomic E-state index is 13.1. The van der Waals surface area contributed by atoms with Crippen LogP contribution in [0.4, 0.5) is 10.3 Å². The molecule has 0 aliphatic heterocycles. The fourth-order valence-electron chi connectivity index (χ4n) is 2.32. The summed E-state index contributed by atoms with van der Waals surface area (Å²) in [6, 6.07) is 5.86. The Morgan fingerprint density at radius 1 is 1.17 bits per heavy atom. The molecule has 0 amide bonds.